The largest absolute Gasteiger partial charge is 0.487 e. The lowest BCUT2D eigenvalue weighted by Crippen LogP contribution is -2.50. The van der Waals surface area contributed by atoms with Crippen molar-refractivity contribution in [3.05, 3.63) is 84.3 Å². The first-order chi connectivity index (χ1) is 17.5. The Morgan fingerprint density at radius 1 is 1.00 bits per heavy atom. The zero-order chi connectivity index (χ0) is 26.7. The highest BCUT2D eigenvalue weighted by Gasteiger charge is 2.40. The standard InChI is InChI=1S/C25H19F6N3O3/c1-14(33-24(35)25(29,30)31)23(13-36-22-9-4-17(27)11-20(22)28)37-19-7-8-21-15(10-19)12-32-34(21)18-5-2-16(26)3-6-18/h2-12,14,23H,13H2,1H3,(H,33,35)/t14-,23+/m0/s1. The van der Waals surface area contributed by atoms with E-state index in [9.17, 15) is 31.1 Å². The van der Waals surface area contributed by atoms with Gasteiger partial charge >= 0.3 is 12.1 Å². The van der Waals surface area contributed by atoms with Gasteiger partial charge in [-0.25, -0.2) is 17.9 Å². The number of amides is 1. The average molecular weight is 523 g/mol. The van der Waals surface area contributed by atoms with E-state index in [1.807, 2.05) is 0 Å². The van der Waals surface area contributed by atoms with Gasteiger partial charge in [0.25, 0.3) is 0 Å². The molecule has 6 nitrogen and oxygen atoms in total. The molecule has 0 aliphatic carbocycles. The molecule has 0 unspecified atom stereocenters. The molecule has 0 radical (unpaired) electrons. The molecule has 2 atom stereocenters. The third kappa shape index (κ3) is 6.13. The second-order valence-corrected chi connectivity index (χ2v) is 8.06. The van der Waals surface area contributed by atoms with Crippen LogP contribution in [0.5, 0.6) is 11.5 Å². The number of fused-ring (bicyclic) bond motifs is 1. The molecule has 0 bridgehead atoms. The number of nitrogens with zero attached hydrogens (tertiary/aromatic N) is 2. The molecule has 3 aromatic carbocycles. The van der Waals surface area contributed by atoms with Crippen molar-refractivity contribution in [3.63, 3.8) is 0 Å². The van der Waals surface area contributed by atoms with Crippen LogP contribution in [-0.2, 0) is 4.79 Å². The molecule has 12 heteroatoms. The fourth-order valence-electron chi connectivity index (χ4n) is 3.47. The Morgan fingerprint density at radius 2 is 1.70 bits per heavy atom. The van der Waals surface area contributed by atoms with Crippen molar-refractivity contribution in [2.45, 2.75) is 25.2 Å². The summed E-state index contributed by atoms with van der Waals surface area (Å²) in [6.07, 6.45) is -4.82. The highest BCUT2D eigenvalue weighted by atomic mass is 19.4. The van der Waals surface area contributed by atoms with Gasteiger partial charge in [0.2, 0.25) is 0 Å². The summed E-state index contributed by atoms with van der Waals surface area (Å²) in [4.78, 5) is 11.5. The Morgan fingerprint density at radius 3 is 2.38 bits per heavy atom. The number of rotatable bonds is 8. The number of benzene rings is 3. The Bertz CT molecular complexity index is 1410. The van der Waals surface area contributed by atoms with Gasteiger partial charge in [0, 0.05) is 11.5 Å². The molecule has 0 aliphatic heterocycles. The van der Waals surface area contributed by atoms with Gasteiger partial charge in [0.15, 0.2) is 17.7 Å². The number of alkyl halides is 3. The highest BCUT2D eigenvalue weighted by molar-refractivity contribution is 5.82. The molecule has 37 heavy (non-hydrogen) atoms. The van der Waals surface area contributed by atoms with Crippen LogP contribution in [0.3, 0.4) is 0 Å². The van der Waals surface area contributed by atoms with E-state index < -0.39 is 48.3 Å². The van der Waals surface area contributed by atoms with Gasteiger partial charge in [-0.2, -0.15) is 18.3 Å². The number of carbonyl (C=O) groups is 1. The summed E-state index contributed by atoms with van der Waals surface area (Å²) in [5.41, 5.74) is 1.24. The van der Waals surface area contributed by atoms with E-state index in [1.165, 1.54) is 31.3 Å². The zero-order valence-electron chi connectivity index (χ0n) is 19.1. The maximum atomic E-state index is 14.0. The summed E-state index contributed by atoms with van der Waals surface area (Å²) in [7, 11) is 0. The van der Waals surface area contributed by atoms with Gasteiger partial charge in [0.05, 0.1) is 23.4 Å². The summed E-state index contributed by atoms with van der Waals surface area (Å²) >= 11 is 0. The lowest BCUT2D eigenvalue weighted by atomic mass is 10.2. The van der Waals surface area contributed by atoms with E-state index in [-0.39, 0.29) is 11.5 Å². The minimum Gasteiger partial charge on any atom is -0.487 e. The van der Waals surface area contributed by atoms with E-state index in [4.69, 9.17) is 9.47 Å². The molecular formula is C25H19F6N3O3. The van der Waals surface area contributed by atoms with Crippen LogP contribution in [0.1, 0.15) is 6.92 Å². The minimum absolute atomic E-state index is 0.201. The third-order valence-electron chi connectivity index (χ3n) is 5.37. The molecule has 194 valence electrons. The van der Waals surface area contributed by atoms with Crippen molar-refractivity contribution < 1.29 is 40.6 Å². The SMILES string of the molecule is C[C@H](NC(=O)C(F)(F)F)[C@@H](COc1ccc(F)cc1F)Oc1ccc2c(cnn2-c2ccc(F)cc2)c1. The lowest BCUT2D eigenvalue weighted by molar-refractivity contribution is -0.175. The van der Waals surface area contributed by atoms with E-state index in [0.717, 1.165) is 12.1 Å². The number of ether oxygens (including phenoxy) is 2. The number of hydrogen-bond acceptors (Lipinski definition) is 4. The Balaban J connectivity index is 1.57. The van der Waals surface area contributed by atoms with E-state index in [1.54, 1.807) is 34.3 Å². The normalized spacial score (nSPS) is 13.3. The topological polar surface area (TPSA) is 65.4 Å². The first kappa shape index (κ1) is 25.9. The summed E-state index contributed by atoms with van der Waals surface area (Å²) in [6, 6.07) is 11.7. The fraction of sp³-hybridized carbons (Fsp3) is 0.200. The maximum absolute atomic E-state index is 14.0. The van der Waals surface area contributed by atoms with E-state index in [0.29, 0.717) is 22.7 Å². The van der Waals surface area contributed by atoms with Gasteiger partial charge < -0.3 is 14.8 Å². The smallest absolute Gasteiger partial charge is 0.471 e. The molecule has 1 heterocycles. The molecule has 1 amide bonds. The van der Waals surface area contributed by atoms with Crippen LogP contribution >= 0.6 is 0 Å². The summed E-state index contributed by atoms with van der Waals surface area (Å²) in [6.45, 7) is 0.790. The van der Waals surface area contributed by atoms with Crippen molar-refractivity contribution in [2.75, 3.05) is 6.61 Å². The predicted octanol–water partition coefficient (Wildman–Crippen LogP) is 5.34. The molecular weight excluding hydrogens is 504 g/mol. The van der Waals surface area contributed by atoms with Crippen LogP contribution in [0.15, 0.2) is 66.9 Å². The number of nitrogens with one attached hydrogen (secondary N) is 1. The number of hydrogen-bond donors (Lipinski definition) is 1. The average Bonchev–Trinajstić information content (AvgIpc) is 3.25. The third-order valence-corrected chi connectivity index (χ3v) is 5.37. The number of halogens is 6. The minimum atomic E-state index is -5.13. The van der Waals surface area contributed by atoms with Gasteiger partial charge in [0.1, 0.15) is 24.0 Å². The predicted molar refractivity (Wildman–Crippen MR) is 121 cm³/mol. The zero-order valence-corrected chi connectivity index (χ0v) is 19.1. The molecule has 1 N–H and O–H groups in total. The Labute approximate surface area is 206 Å². The second-order valence-electron chi connectivity index (χ2n) is 8.06. The lowest BCUT2D eigenvalue weighted by Gasteiger charge is -2.26. The Hall–Kier alpha value is -4.22. The first-order valence-electron chi connectivity index (χ1n) is 10.9. The second kappa shape index (κ2) is 10.4. The molecule has 0 saturated heterocycles. The van der Waals surface area contributed by atoms with Gasteiger partial charge in [-0.05, 0) is 61.5 Å². The van der Waals surface area contributed by atoms with Crippen molar-refractivity contribution in [3.8, 4) is 17.2 Å². The first-order valence-corrected chi connectivity index (χ1v) is 10.9. The van der Waals surface area contributed by atoms with Crippen LogP contribution < -0.4 is 14.8 Å². The van der Waals surface area contributed by atoms with Crippen molar-refractivity contribution in [2.24, 2.45) is 0 Å². The Kier molecular flexibility index (Phi) is 7.28. The number of aromatic nitrogens is 2. The van der Waals surface area contributed by atoms with Crippen LogP contribution in [0.4, 0.5) is 26.3 Å². The summed E-state index contributed by atoms with van der Waals surface area (Å²) < 4.78 is 91.5. The van der Waals surface area contributed by atoms with Crippen molar-refractivity contribution >= 4 is 16.8 Å². The van der Waals surface area contributed by atoms with Crippen LogP contribution in [0, 0.1) is 17.5 Å². The number of carbonyl (C=O) groups excluding carboxylic acids is 1. The molecule has 0 fully saturated rings. The molecule has 0 saturated carbocycles. The highest BCUT2D eigenvalue weighted by Crippen LogP contribution is 2.26. The monoisotopic (exact) mass is 523 g/mol. The molecule has 1 aromatic heterocycles. The molecule has 0 spiro atoms. The maximum Gasteiger partial charge on any atom is 0.471 e. The van der Waals surface area contributed by atoms with E-state index in [2.05, 4.69) is 5.10 Å². The van der Waals surface area contributed by atoms with Gasteiger partial charge in [-0.3, -0.25) is 4.79 Å². The van der Waals surface area contributed by atoms with Crippen molar-refractivity contribution in [1.82, 2.24) is 15.1 Å². The molecule has 0 aliphatic rings. The molecule has 4 rings (SSSR count). The molecule has 4 aromatic rings. The van der Waals surface area contributed by atoms with Gasteiger partial charge in [-0.15, -0.1) is 0 Å². The van der Waals surface area contributed by atoms with Crippen LogP contribution in [0.2, 0.25) is 0 Å². The van der Waals surface area contributed by atoms with Crippen LogP contribution in [0.25, 0.3) is 16.6 Å². The van der Waals surface area contributed by atoms with Gasteiger partial charge in [-0.1, -0.05) is 0 Å². The quantitative estimate of drug-likeness (QED) is 0.317. The summed E-state index contributed by atoms with van der Waals surface area (Å²) in [5, 5.41) is 6.66. The van der Waals surface area contributed by atoms with Crippen LogP contribution in [-0.4, -0.2) is 40.6 Å². The fourth-order valence-corrected chi connectivity index (χ4v) is 3.47. The van der Waals surface area contributed by atoms with E-state index >= 15 is 0 Å². The summed E-state index contributed by atoms with van der Waals surface area (Å²) in [5.74, 6) is -4.58. The van der Waals surface area contributed by atoms with Crippen molar-refractivity contribution in [1.29, 1.82) is 0 Å².